The summed E-state index contributed by atoms with van der Waals surface area (Å²) in [5.41, 5.74) is 3.17. The molecule has 0 spiro atoms. The van der Waals surface area contributed by atoms with Crippen molar-refractivity contribution in [2.75, 3.05) is 0 Å². The molecule has 3 rings (SSSR count). The van der Waals surface area contributed by atoms with Crippen molar-refractivity contribution in [2.45, 2.75) is 64.2 Å². The van der Waals surface area contributed by atoms with Gasteiger partial charge in [-0.1, -0.05) is 0 Å². The molecule has 0 saturated heterocycles. The second-order valence-electron chi connectivity index (χ2n) is 10.0. The summed E-state index contributed by atoms with van der Waals surface area (Å²) in [7, 11) is -3.89. The van der Waals surface area contributed by atoms with Gasteiger partial charge in [0.15, 0.2) is 0 Å². The molecular formula is C27H33IO3S. The van der Waals surface area contributed by atoms with Gasteiger partial charge in [-0.3, -0.25) is 0 Å². The molecule has 0 aromatic heterocycles. The first kappa shape index (κ1) is 24.9. The summed E-state index contributed by atoms with van der Waals surface area (Å²) in [6.07, 6.45) is 0. The van der Waals surface area contributed by atoms with E-state index < -0.39 is 30.4 Å². The third-order valence-electron chi connectivity index (χ3n) is 5.33. The van der Waals surface area contributed by atoms with Crippen LogP contribution in [0.25, 0.3) is 0 Å². The molecule has 3 aromatic rings. The van der Waals surface area contributed by atoms with Crippen LogP contribution >= 0.6 is 20.2 Å². The van der Waals surface area contributed by atoms with Gasteiger partial charge in [0.05, 0.1) is 0 Å². The van der Waals surface area contributed by atoms with E-state index in [1.807, 2.05) is 30.3 Å². The molecule has 0 saturated carbocycles. The van der Waals surface area contributed by atoms with Crippen LogP contribution in [0.15, 0.2) is 77.7 Å². The minimum atomic E-state index is -3.89. The molecule has 0 bridgehead atoms. The Kier molecular flexibility index (Phi) is 7.23. The van der Waals surface area contributed by atoms with Crippen LogP contribution in [-0.2, 0) is 23.5 Å². The molecule has 0 aliphatic heterocycles. The number of rotatable bonds is 5. The molecule has 32 heavy (non-hydrogen) atoms. The molecule has 0 aliphatic carbocycles. The van der Waals surface area contributed by atoms with E-state index in [1.54, 1.807) is 25.1 Å². The van der Waals surface area contributed by atoms with Gasteiger partial charge in [-0.15, -0.1) is 0 Å². The third kappa shape index (κ3) is 5.80. The first-order chi connectivity index (χ1) is 14.8. The van der Waals surface area contributed by atoms with Crippen LogP contribution in [0.2, 0.25) is 0 Å². The first-order valence-corrected chi connectivity index (χ1v) is 15.2. The Bertz CT molecular complexity index is 1110. The summed E-state index contributed by atoms with van der Waals surface area (Å²) in [6.45, 7) is 14.8. The summed E-state index contributed by atoms with van der Waals surface area (Å²) >= 11 is -2.73. The molecule has 0 heterocycles. The fourth-order valence-corrected chi connectivity index (χ4v) is 10.4. The molecule has 0 atom stereocenters. The number of hydrogen-bond acceptors (Lipinski definition) is 3. The molecule has 5 heteroatoms. The van der Waals surface area contributed by atoms with Crippen molar-refractivity contribution in [3.63, 3.8) is 0 Å². The molecule has 3 nitrogen and oxygen atoms in total. The quantitative estimate of drug-likeness (QED) is 0.302. The number of halogens is 1. The zero-order valence-electron chi connectivity index (χ0n) is 19.9. The summed E-state index contributed by atoms with van der Waals surface area (Å²) in [5.74, 6) is 0. The van der Waals surface area contributed by atoms with Crippen molar-refractivity contribution in [2.24, 2.45) is 0 Å². The van der Waals surface area contributed by atoms with Gasteiger partial charge in [-0.25, -0.2) is 0 Å². The molecule has 0 amide bonds. The van der Waals surface area contributed by atoms with Gasteiger partial charge in [-0.2, -0.15) is 0 Å². The Morgan fingerprint density at radius 2 is 1.06 bits per heavy atom. The predicted octanol–water partition coefficient (Wildman–Crippen LogP) is 7.46. The summed E-state index contributed by atoms with van der Waals surface area (Å²) in [4.78, 5) is 0.236. The topological polar surface area (TPSA) is 43.4 Å². The predicted molar refractivity (Wildman–Crippen MR) is 141 cm³/mol. The molecule has 0 aliphatic rings. The standard InChI is InChI=1S/C27H33IO3S/c1-20-10-8-9-11-25(20)32(29,30)31-28(23-16-12-21(13-17-23)26(2,3)4)24-18-14-22(15-19-24)27(5,6)7/h8-19H,1-7H3. The fraction of sp³-hybridized carbons (Fsp3) is 0.333. The Morgan fingerprint density at radius 3 is 1.44 bits per heavy atom. The van der Waals surface area contributed by atoms with Crippen molar-refractivity contribution in [1.82, 2.24) is 0 Å². The van der Waals surface area contributed by atoms with Crippen molar-refractivity contribution < 1.29 is 10.9 Å². The average Bonchev–Trinajstić information content (AvgIpc) is 2.71. The van der Waals surface area contributed by atoms with E-state index in [9.17, 15) is 8.42 Å². The molecule has 0 unspecified atom stereocenters. The second kappa shape index (κ2) is 9.27. The molecule has 0 radical (unpaired) electrons. The summed E-state index contributed by atoms with van der Waals surface area (Å²) in [5, 5.41) is 0. The minimum absolute atomic E-state index is 0.0278. The third-order valence-corrected chi connectivity index (χ3v) is 12.8. The van der Waals surface area contributed by atoms with Gasteiger partial charge in [-0.05, 0) is 0 Å². The van der Waals surface area contributed by atoms with E-state index in [4.69, 9.17) is 2.51 Å². The van der Waals surface area contributed by atoms with Crippen LogP contribution in [0.5, 0.6) is 0 Å². The van der Waals surface area contributed by atoms with E-state index >= 15 is 0 Å². The Labute approximate surface area is 201 Å². The normalized spacial score (nSPS) is 13.2. The Hall–Kier alpha value is -1.70. The first-order valence-electron chi connectivity index (χ1n) is 10.7. The van der Waals surface area contributed by atoms with Gasteiger partial charge >= 0.3 is 202 Å². The van der Waals surface area contributed by atoms with Crippen LogP contribution < -0.4 is 0 Å². The Morgan fingerprint density at radius 1 is 0.656 bits per heavy atom. The van der Waals surface area contributed by atoms with E-state index in [0.717, 1.165) is 7.14 Å². The van der Waals surface area contributed by atoms with Crippen molar-refractivity contribution >= 4 is 30.4 Å². The zero-order chi connectivity index (χ0) is 23.7. The van der Waals surface area contributed by atoms with E-state index in [1.165, 1.54) is 11.1 Å². The van der Waals surface area contributed by atoms with Crippen LogP contribution in [0.4, 0.5) is 0 Å². The van der Waals surface area contributed by atoms with Crippen LogP contribution in [0.3, 0.4) is 0 Å². The van der Waals surface area contributed by atoms with E-state index in [0.29, 0.717) is 5.56 Å². The van der Waals surface area contributed by atoms with Gasteiger partial charge in [0.25, 0.3) is 0 Å². The SMILES string of the molecule is Cc1ccccc1S(=O)(=O)OI(c1ccc(C(C)(C)C)cc1)c1ccc(C(C)(C)C)cc1. The van der Waals surface area contributed by atoms with Crippen molar-refractivity contribution in [3.8, 4) is 0 Å². The van der Waals surface area contributed by atoms with Gasteiger partial charge in [0.1, 0.15) is 0 Å². The number of aryl methyl sites for hydroxylation is 1. The van der Waals surface area contributed by atoms with Gasteiger partial charge in [0, 0.05) is 0 Å². The zero-order valence-corrected chi connectivity index (χ0v) is 22.9. The monoisotopic (exact) mass is 564 g/mol. The van der Waals surface area contributed by atoms with Gasteiger partial charge in [0.2, 0.25) is 0 Å². The number of benzene rings is 3. The maximum absolute atomic E-state index is 13.3. The van der Waals surface area contributed by atoms with Crippen molar-refractivity contribution in [3.05, 3.63) is 96.6 Å². The number of hydrogen-bond donors (Lipinski definition) is 0. The van der Waals surface area contributed by atoms with Gasteiger partial charge < -0.3 is 0 Å². The molecule has 0 N–H and O–H groups in total. The average molecular weight is 565 g/mol. The molecule has 0 fully saturated rings. The second-order valence-corrected chi connectivity index (χ2v) is 16.5. The maximum atomic E-state index is 13.3. The summed E-state index contributed by atoms with van der Waals surface area (Å²) < 4.78 is 34.5. The molecule has 172 valence electrons. The van der Waals surface area contributed by atoms with Crippen LogP contribution in [0.1, 0.15) is 58.2 Å². The molecule has 3 aromatic carbocycles. The Balaban J connectivity index is 2.06. The van der Waals surface area contributed by atoms with Crippen molar-refractivity contribution in [1.29, 1.82) is 0 Å². The van der Waals surface area contributed by atoms with Crippen LogP contribution in [0, 0.1) is 14.1 Å². The fourth-order valence-electron chi connectivity index (χ4n) is 3.28. The van der Waals surface area contributed by atoms with E-state index in [-0.39, 0.29) is 15.7 Å². The van der Waals surface area contributed by atoms with Crippen LogP contribution in [-0.4, -0.2) is 8.42 Å². The summed E-state index contributed by atoms with van der Waals surface area (Å²) in [6, 6.07) is 23.5. The molecular weight excluding hydrogens is 531 g/mol. The van der Waals surface area contributed by atoms with E-state index in [2.05, 4.69) is 65.8 Å².